The minimum absolute atomic E-state index is 0.00785. The maximum Gasteiger partial charge on any atom is 0.335 e. The molecule has 106 valence electrons. The summed E-state index contributed by atoms with van der Waals surface area (Å²) < 4.78 is 0.585. The van der Waals surface area contributed by atoms with Crippen LogP contribution in [0.15, 0.2) is 22.7 Å². The van der Waals surface area contributed by atoms with Crippen LogP contribution >= 0.6 is 15.9 Å². The van der Waals surface area contributed by atoms with E-state index in [1.54, 1.807) is 6.07 Å². The van der Waals surface area contributed by atoms with Gasteiger partial charge >= 0.3 is 5.97 Å². The Morgan fingerprint density at radius 1 is 1.35 bits per heavy atom. The number of rotatable bonds is 3. The van der Waals surface area contributed by atoms with Crippen molar-refractivity contribution >= 4 is 33.5 Å². The molecular formula is C14H15BrN2O3. The van der Waals surface area contributed by atoms with E-state index in [2.05, 4.69) is 26.6 Å². The first-order chi connectivity index (χ1) is 9.54. The fraction of sp³-hybridized carbons (Fsp3) is 0.429. The number of nitrogens with one attached hydrogen (secondary N) is 2. The smallest absolute Gasteiger partial charge is 0.335 e. The number of carboxylic acid groups (broad SMARTS) is 1. The van der Waals surface area contributed by atoms with Crippen LogP contribution in [0.25, 0.3) is 0 Å². The van der Waals surface area contributed by atoms with Crippen LogP contribution in [-0.2, 0) is 4.79 Å². The first-order valence-corrected chi connectivity index (χ1v) is 7.43. The number of hydrogen-bond acceptors (Lipinski definition) is 3. The predicted molar refractivity (Wildman–Crippen MR) is 77.8 cm³/mol. The minimum Gasteiger partial charge on any atom is -0.478 e. The third-order valence-corrected chi connectivity index (χ3v) is 4.77. The fourth-order valence-corrected chi connectivity index (χ4v) is 3.57. The van der Waals surface area contributed by atoms with E-state index in [1.807, 2.05) is 0 Å². The molecule has 2 aliphatic heterocycles. The summed E-state index contributed by atoms with van der Waals surface area (Å²) in [4.78, 5) is 23.2. The molecule has 1 aromatic rings. The number of anilines is 1. The number of carbonyl (C=O) groups excluding carboxylic acids is 1. The third kappa shape index (κ3) is 2.45. The maximum atomic E-state index is 12.3. The predicted octanol–water partition coefficient (Wildman–Crippen LogP) is 2.23. The molecule has 5 nitrogen and oxygen atoms in total. The Balaban J connectivity index is 1.71. The Kier molecular flexibility index (Phi) is 3.52. The second-order valence-corrected chi connectivity index (χ2v) is 6.23. The van der Waals surface area contributed by atoms with Crippen molar-refractivity contribution in [2.24, 2.45) is 5.92 Å². The summed E-state index contributed by atoms with van der Waals surface area (Å²) in [7, 11) is 0. The largest absolute Gasteiger partial charge is 0.478 e. The van der Waals surface area contributed by atoms with E-state index in [9.17, 15) is 9.59 Å². The third-order valence-electron chi connectivity index (χ3n) is 4.11. The van der Waals surface area contributed by atoms with Crippen molar-refractivity contribution < 1.29 is 14.7 Å². The summed E-state index contributed by atoms with van der Waals surface area (Å²) in [6.07, 6.45) is 3.11. The van der Waals surface area contributed by atoms with Gasteiger partial charge in [0.1, 0.15) is 0 Å². The highest BCUT2D eigenvalue weighted by Gasteiger charge is 2.42. The summed E-state index contributed by atoms with van der Waals surface area (Å²) >= 11 is 3.30. The summed E-state index contributed by atoms with van der Waals surface area (Å²) in [5.74, 6) is -0.964. The quantitative estimate of drug-likeness (QED) is 0.789. The lowest BCUT2D eigenvalue weighted by Crippen LogP contribution is -2.32. The van der Waals surface area contributed by atoms with Gasteiger partial charge in [0.05, 0.1) is 17.2 Å². The Hall–Kier alpha value is -1.40. The number of hydrogen-bond donors (Lipinski definition) is 3. The fourth-order valence-electron chi connectivity index (χ4n) is 3.09. The molecule has 1 amide bonds. The van der Waals surface area contributed by atoms with Crippen LogP contribution in [0.1, 0.15) is 29.6 Å². The highest BCUT2D eigenvalue weighted by molar-refractivity contribution is 9.10. The number of carboxylic acids is 1. The lowest BCUT2D eigenvalue weighted by molar-refractivity contribution is -0.120. The monoisotopic (exact) mass is 338 g/mol. The van der Waals surface area contributed by atoms with Crippen molar-refractivity contribution in [3.8, 4) is 0 Å². The number of fused-ring (bicyclic) bond motifs is 2. The molecule has 2 heterocycles. The zero-order valence-corrected chi connectivity index (χ0v) is 12.3. The average Bonchev–Trinajstić information content (AvgIpc) is 3.03. The van der Waals surface area contributed by atoms with Gasteiger partial charge in [-0.05, 0) is 53.4 Å². The lowest BCUT2D eigenvalue weighted by atomic mass is 9.88. The van der Waals surface area contributed by atoms with Crippen molar-refractivity contribution in [1.82, 2.24) is 5.32 Å². The van der Waals surface area contributed by atoms with Crippen molar-refractivity contribution in [1.29, 1.82) is 0 Å². The highest BCUT2D eigenvalue weighted by Crippen LogP contribution is 2.34. The van der Waals surface area contributed by atoms with Gasteiger partial charge in [-0.1, -0.05) is 0 Å². The first-order valence-electron chi connectivity index (χ1n) is 6.64. The van der Waals surface area contributed by atoms with Crippen LogP contribution in [0.3, 0.4) is 0 Å². The molecule has 3 atom stereocenters. The van der Waals surface area contributed by atoms with Crippen LogP contribution < -0.4 is 10.6 Å². The summed E-state index contributed by atoms with van der Waals surface area (Å²) in [5.41, 5.74) is 0.805. The molecule has 2 aliphatic rings. The van der Waals surface area contributed by atoms with Gasteiger partial charge in [0.15, 0.2) is 0 Å². The molecule has 0 aliphatic carbocycles. The van der Waals surface area contributed by atoms with E-state index in [4.69, 9.17) is 5.11 Å². The molecule has 0 aromatic heterocycles. The number of carbonyl (C=O) groups is 2. The van der Waals surface area contributed by atoms with E-state index in [1.165, 1.54) is 12.1 Å². The van der Waals surface area contributed by atoms with Crippen LogP contribution in [0.5, 0.6) is 0 Å². The molecule has 0 saturated carbocycles. The second-order valence-electron chi connectivity index (χ2n) is 5.38. The number of amides is 1. The van der Waals surface area contributed by atoms with Gasteiger partial charge in [-0.25, -0.2) is 4.79 Å². The zero-order valence-electron chi connectivity index (χ0n) is 10.7. The molecule has 3 N–H and O–H groups in total. The van der Waals surface area contributed by atoms with E-state index in [0.29, 0.717) is 16.2 Å². The molecular weight excluding hydrogens is 324 g/mol. The number of halogens is 1. The van der Waals surface area contributed by atoms with E-state index in [-0.39, 0.29) is 23.4 Å². The van der Waals surface area contributed by atoms with Crippen molar-refractivity contribution in [3.05, 3.63) is 28.2 Å². The molecule has 2 bridgehead atoms. The van der Waals surface area contributed by atoms with E-state index in [0.717, 1.165) is 19.3 Å². The van der Waals surface area contributed by atoms with Gasteiger partial charge in [0.25, 0.3) is 0 Å². The Bertz CT molecular complexity index is 576. The topological polar surface area (TPSA) is 78.4 Å². The number of benzene rings is 1. The first kappa shape index (κ1) is 13.6. The van der Waals surface area contributed by atoms with Gasteiger partial charge in [-0.2, -0.15) is 0 Å². The zero-order chi connectivity index (χ0) is 14.3. The normalized spacial score (nSPS) is 27.6. The number of aromatic carboxylic acids is 1. The maximum absolute atomic E-state index is 12.3. The molecule has 0 spiro atoms. The minimum atomic E-state index is -0.985. The summed E-state index contributed by atoms with van der Waals surface area (Å²) in [6.45, 7) is 0. The summed E-state index contributed by atoms with van der Waals surface area (Å²) in [6, 6.07) is 5.37. The van der Waals surface area contributed by atoms with Crippen molar-refractivity contribution in [2.75, 3.05) is 5.32 Å². The summed E-state index contributed by atoms with van der Waals surface area (Å²) in [5, 5.41) is 15.2. The molecule has 3 unspecified atom stereocenters. The molecule has 2 saturated heterocycles. The molecule has 1 aromatic carbocycles. The van der Waals surface area contributed by atoms with Crippen LogP contribution in [0, 0.1) is 5.92 Å². The Morgan fingerprint density at radius 2 is 2.15 bits per heavy atom. The lowest BCUT2D eigenvalue weighted by Gasteiger charge is -2.19. The molecule has 3 rings (SSSR count). The van der Waals surface area contributed by atoms with E-state index < -0.39 is 5.97 Å². The molecule has 20 heavy (non-hydrogen) atoms. The van der Waals surface area contributed by atoms with Gasteiger partial charge in [0.2, 0.25) is 5.91 Å². The Morgan fingerprint density at radius 3 is 2.70 bits per heavy atom. The molecule has 6 heteroatoms. The molecule has 2 fully saturated rings. The SMILES string of the molecule is O=C(O)c1ccc(NC(=O)C2CC3CCC2N3)c(Br)c1. The van der Waals surface area contributed by atoms with Crippen LogP contribution in [0.4, 0.5) is 5.69 Å². The second kappa shape index (κ2) is 5.18. The van der Waals surface area contributed by atoms with E-state index >= 15 is 0 Å². The van der Waals surface area contributed by atoms with Gasteiger partial charge in [0, 0.05) is 16.6 Å². The highest BCUT2D eigenvalue weighted by atomic mass is 79.9. The van der Waals surface area contributed by atoms with Crippen LogP contribution in [-0.4, -0.2) is 29.1 Å². The van der Waals surface area contributed by atoms with Crippen molar-refractivity contribution in [3.63, 3.8) is 0 Å². The van der Waals surface area contributed by atoms with Crippen LogP contribution in [0.2, 0.25) is 0 Å². The molecule has 0 radical (unpaired) electrons. The van der Waals surface area contributed by atoms with Crippen molar-refractivity contribution in [2.45, 2.75) is 31.3 Å². The van der Waals surface area contributed by atoms with Gasteiger partial charge < -0.3 is 15.7 Å². The van der Waals surface area contributed by atoms with Gasteiger partial charge in [-0.3, -0.25) is 4.79 Å². The standard InChI is InChI=1S/C14H15BrN2O3/c15-10-5-7(14(19)20)1-3-12(10)17-13(18)9-6-8-2-4-11(9)16-8/h1,3,5,8-9,11,16H,2,4,6H2,(H,17,18)(H,19,20). The average molecular weight is 339 g/mol. The Labute approximate surface area is 124 Å². The van der Waals surface area contributed by atoms with Gasteiger partial charge in [-0.15, -0.1) is 0 Å².